The predicted molar refractivity (Wildman–Crippen MR) is 87.8 cm³/mol. The lowest BCUT2D eigenvalue weighted by atomic mass is 9.72. The van der Waals surface area contributed by atoms with Gasteiger partial charge in [0.2, 0.25) is 0 Å². The van der Waals surface area contributed by atoms with E-state index in [4.69, 9.17) is 0 Å². The number of hydrogen-bond donors (Lipinski definition) is 1. The van der Waals surface area contributed by atoms with Crippen molar-refractivity contribution >= 4 is 0 Å². The Morgan fingerprint density at radius 2 is 1.81 bits per heavy atom. The average molecular weight is 291 g/mol. The van der Waals surface area contributed by atoms with Crippen molar-refractivity contribution in [2.75, 3.05) is 6.54 Å². The minimum absolute atomic E-state index is 0.106. The summed E-state index contributed by atoms with van der Waals surface area (Å²) in [6.45, 7) is 9.88. The van der Waals surface area contributed by atoms with E-state index in [0.29, 0.717) is 12.0 Å². The Kier molecular flexibility index (Phi) is 5.80. The molecule has 1 nitrogen and oxygen atoms in total. The summed E-state index contributed by atoms with van der Waals surface area (Å²) in [5.74, 6) is 2.07. The first-order chi connectivity index (χ1) is 9.99. The number of rotatable bonds is 5. The minimum Gasteiger partial charge on any atom is -0.310 e. The lowest BCUT2D eigenvalue weighted by molar-refractivity contribution is 0.176. The van der Waals surface area contributed by atoms with Gasteiger partial charge < -0.3 is 5.32 Å². The summed E-state index contributed by atoms with van der Waals surface area (Å²) < 4.78 is 13.8. The quantitative estimate of drug-likeness (QED) is 0.781. The Balaban J connectivity index is 2.24. The molecule has 1 aromatic carbocycles. The number of halogens is 1. The molecule has 0 aliphatic heterocycles. The van der Waals surface area contributed by atoms with Crippen LogP contribution in [0.25, 0.3) is 0 Å². The monoisotopic (exact) mass is 291 g/mol. The number of nitrogens with one attached hydrogen (secondary N) is 1. The van der Waals surface area contributed by atoms with Crippen LogP contribution in [0.15, 0.2) is 18.2 Å². The Hall–Kier alpha value is -0.890. The third-order valence-electron chi connectivity index (χ3n) is 4.72. The van der Waals surface area contributed by atoms with Gasteiger partial charge in [0.25, 0.3) is 0 Å². The van der Waals surface area contributed by atoms with E-state index in [9.17, 15) is 4.39 Å². The van der Waals surface area contributed by atoms with E-state index < -0.39 is 0 Å². The number of benzene rings is 1. The summed E-state index contributed by atoms with van der Waals surface area (Å²) in [5, 5.41) is 3.68. The number of aryl methyl sites for hydroxylation is 1. The van der Waals surface area contributed by atoms with E-state index in [-0.39, 0.29) is 5.82 Å². The molecule has 0 amide bonds. The zero-order valence-electron chi connectivity index (χ0n) is 14.0. The van der Waals surface area contributed by atoms with Gasteiger partial charge in [-0.15, -0.1) is 0 Å². The molecule has 1 aromatic rings. The summed E-state index contributed by atoms with van der Waals surface area (Å²) in [5.41, 5.74) is 2.15. The zero-order valence-corrected chi connectivity index (χ0v) is 14.0. The molecule has 3 unspecified atom stereocenters. The molecule has 0 bridgehead atoms. The van der Waals surface area contributed by atoms with Crippen LogP contribution in [-0.4, -0.2) is 6.54 Å². The van der Waals surface area contributed by atoms with Gasteiger partial charge in [0, 0.05) is 6.04 Å². The predicted octanol–water partition coefficient (Wildman–Crippen LogP) is 5.25. The molecule has 118 valence electrons. The van der Waals surface area contributed by atoms with Crippen molar-refractivity contribution in [3.8, 4) is 0 Å². The van der Waals surface area contributed by atoms with Crippen molar-refractivity contribution in [3.05, 3.63) is 35.1 Å². The van der Waals surface area contributed by atoms with Crippen LogP contribution in [0.3, 0.4) is 0 Å². The van der Waals surface area contributed by atoms with Gasteiger partial charge in [-0.25, -0.2) is 4.39 Å². The second-order valence-electron chi connectivity index (χ2n) is 7.17. The fourth-order valence-electron chi connectivity index (χ4n) is 4.08. The largest absolute Gasteiger partial charge is 0.310 e. The van der Waals surface area contributed by atoms with Gasteiger partial charge in [0.05, 0.1) is 0 Å². The molecule has 2 heteroatoms. The maximum Gasteiger partial charge on any atom is 0.123 e. The van der Waals surface area contributed by atoms with E-state index in [1.54, 1.807) is 12.1 Å². The number of hydrogen-bond acceptors (Lipinski definition) is 1. The van der Waals surface area contributed by atoms with Crippen LogP contribution < -0.4 is 5.32 Å². The molecule has 21 heavy (non-hydrogen) atoms. The summed E-state index contributed by atoms with van der Waals surface area (Å²) in [6, 6.07) is 5.79. The Morgan fingerprint density at radius 1 is 1.14 bits per heavy atom. The van der Waals surface area contributed by atoms with Crippen LogP contribution in [0.5, 0.6) is 0 Å². The highest BCUT2D eigenvalue weighted by molar-refractivity contribution is 5.27. The van der Waals surface area contributed by atoms with Crippen LogP contribution in [0.2, 0.25) is 0 Å². The molecule has 2 rings (SSSR count). The second-order valence-corrected chi connectivity index (χ2v) is 7.17. The molecule has 0 spiro atoms. The summed E-state index contributed by atoms with van der Waals surface area (Å²) in [7, 11) is 0. The first-order valence-corrected chi connectivity index (χ1v) is 8.50. The second kappa shape index (κ2) is 7.40. The van der Waals surface area contributed by atoms with E-state index >= 15 is 0 Å². The van der Waals surface area contributed by atoms with Gasteiger partial charge in [-0.3, -0.25) is 0 Å². The first-order valence-electron chi connectivity index (χ1n) is 8.50. The van der Waals surface area contributed by atoms with Crippen molar-refractivity contribution in [2.24, 2.45) is 17.8 Å². The van der Waals surface area contributed by atoms with E-state index in [1.807, 2.05) is 6.92 Å². The summed E-state index contributed by atoms with van der Waals surface area (Å²) >= 11 is 0. The van der Waals surface area contributed by atoms with Crippen molar-refractivity contribution < 1.29 is 4.39 Å². The van der Waals surface area contributed by atoms with Gasteiger partial charge >= 0.3 is 0 Å². The van der Waals surface area contributed by atoms with Crippen LogP contribution in [-0.2, 0) is 0 Å². The highest BCUT2D eigenvalue weighted by Crippen LogP contribution is 2.40. The van der Waals surface area contributed by atoms with E-state index in [2.05, 4.69) is 32.2 Å². The molecule has 3 atom stereocenters. The van der Waals surface area contributed by atoms with Gasteiger partial charge in [0.15, 0.2) is 0 Å². The maximum absolute atomic E-state index is 13.8. The molecule has 1 saturated carbocycles. The normalized spacial score (nSPS) is 27.6. The fourth-order valence-corrected chi connectivity index (χ4v) is 4.08. The lowest BCUT2D eigenvalue weighted by Gasteiger charge is -2.37. The van der Waals surface area contributed by atoms with Crippen LogP contribution in [0, 0.1) is 30.5 Å². The molecular weight excluding hydrogens is 261 g/mol. The molecular formula is C19H30FN. The highest BCUT2D eigenvalue weighted by Gasteiger charge is 2.30. The zero-order chi connectivity index (χ0) is 15.4. The SMILES string of the molecule is CCCNC(c1cc(C)cc(F)c1)C1CC(C)CC(C)C1. The third kappa shape index (κ3) is 4.54. The van der Waals surface area contributed by atoms with Crippen LogP contribution >= 0.6 is 0 Å². The molecule has 0 radical (unpaired) electrons. The van der Waals surface area contributed by atoms with Gasteiger partial charge in [0.1, 0.15) is 5.82 Å². The van der Waals surface area contributed by atoms with Crippen LogP contribution in [0.1, 0.15) is 63.6 Å². The van der Waals surface area contributed by atoms with E-state index in [1.165, 1.54) is 19.3 Å². The average Bonchev–Trinajstić information content (AvgIpc) is 2.37. The molecule has 1 fully saturated rings. The Morgan fingerprint density at radius 3 is 2.38 bits per heavy atom. The molecule has 0 aromatic heterocycles. The van der Waals surface area contributed by atoms with Crippen molar-refractivity contribution in [1.82, 2.24) is 5.32 Å². The van der Waals surface area contributed by atoms with Crippen molar-refractivity contribution in [3.63, 3.8) is 0 Å². The molecule has 0 heterocycles. The summed E-state index contributed by atoms with van der Waals surface area (Å²) in [6.07, 6.45) is 4.95. The standard InChI is InChI=1S/C19H30FN/c1-5-6-21-19(16-8-13(2)7-14(3)9-16)17-10-15(4)11-18(20)12-17/h10-14,16,19,21H,5-9H2,1-4H3. The highest BCUT2D eigenvalue weighted by atomic mass is 19.1. The third-order valence-corrected chi connectivity index (χ3v) is 4.72. The maximum atomic E-state index is 13.8. The molecule has 1 N–H and O–H groups in total. The Bertz CT molecular complexity index is 427. The summed E-state index contributed by atoms with van der Waals surface area (Å²) in [4.78, 5) is 0. The van der Waals surface area contributed by atoms with Gasteiger partial charge in [-0.05, 0) is 80.2 Å². The molecule has 0 saturated heterocycles. The Labute approximate surface area is 129 Å². The van der Waals surface area contributed by atoms with Gasteiger partial charge in [-0.1, -0.05) is 26.8 Å². The lowest BCUT2D eigenvalue weighted by Crippen LogP contribution is -2.33. The van der Waals surface area contributed by atoms with Crippen molar-refractivity contribution in [1.29, 1.82) is 0 Å². The van der Waals surface area contributed by atoms with E-state index in [0.717, 1.165) is 35.9 Å². The smallest absolute Gasteiger partial charge is 0.123 e. The van der Waals surface area contributed by atoms with Crippen molar-refractivity contribution in [2.45, 2.75) is 59.4 Å². The molecule has 1 aliphatic rings. The van der Waals surface area contributed by atoms with Crippen LogP contribution in [0.4, 0.5) is 4.39 Å². The topological polar surface area (TPSA) is 12.0 Å². The minimum atomic E-state index is -0.106. The fraction of sp³-hybridized carbons (Fsp3) is 0.684. The molecule has 1 aliphatic carbocycles. The van der Waals surface area contributed by atoms with Gasteiger partial charge in [-0.2, -0.15) is 0 Å². The first kappa shape index (κ1) is 16.5.